The average molecular weight is 319 g/mol. The molecule has 0 saturated heterocycles. The molecule has 0 saturated carbocycles. The van der Waals surface area contributed by atoms with Gasteiger partial charge in [0.25, 0.3) is 0 Å². The van der Waals surface area contributed by atoms with Crippen LogP contribution in [0.2, 0.25) is 5.02 Å². The minimum atomic E-state index is -0.335. The molecule has 0 atom stereocenters. The molecular formula is C17H15ClO2S. The summed E-state index contributed by atoms with van der Waals surface area (Å²) in [5.41, 5.74) is 0.977. The van der Waals surface area contributed by atoms with Crippen LogP contribution in [0, 0.1) is 0 Å². The first-order valence-electron chi connectivity index (χ1n) is 6.56. The van der Waals surface area contributed by atoms with Gasteiger partial charge in [0.2, 0.25) is 0 Å². The van der Waals surface area contributed by atoms with E-state index >= 15 is 0 Å². The van der Waals surface area contributed by atoms with E-state index in [9.17, 15) is 4.79 Å². The topological polar surface area (TPSA) is 26.3 Å². The Morgan fingerprint density at radius 1 is 1.14 bits per heavy atom. The first-order valence-corrected chi connectivity index (χ1v) is 7.76. The second kappa shape index (κ2) is 7.91. The van der Waals surface area contributed by atoms with Gasteiger partial charge in [-0.1, -0.05) is 53.7 Å². The van der Waals surface area contributed by atoms with Crippen molar-refractivity contribution in [2.45, 2.75) is 11.8 Å². The van der Waals surface area contributed by atoms with E-state index in [0.29, 0.717) is 11.6 Å². The summed E-state index contributed by atoms with van der Waals surface area (Å²) in [6.07, 6.45) is 1.53. The summed E-state index contributed by atoms with van der Waals surface area (Å²) >= 11 is 7.40. The number of carbonyl (C=O) groups excluding carboxylic acids is 1. The minimum absolute atomic E-state index is 0.335. The van der Waals surface area contributed by atoms with Gasteiger partial charge in [-0.25, -0.2) is 4.79 Å². The molecule has 4 heteroatoms. The largest absolute Gasteiger partial charge is 0.463 e. The van der Waals surface area contributed by atoms with Crippen LogP contribution in [0.5, 0.6) is 0 Å². The number of benzene rings is 2. The molecule has 0 fully saturated rings. The lowest BCUT2D eigenvalue weighted by Gasteiger charge is -2.08. The maximum Gasteiger partial charge on any atom is 0.331 e. The van der Waals surface area contributed by atoms with Gasteiger partial charge >= 0.3 is 5.97 Å². The van der Waals surface area contributed by atoms with E-state index < -0.39 is 0 Å². The SMILES string of the molecule is CCOC(=O)/C=C(\Sc1ccc(Cl)cc1)c1ccccc1. The van der Waals surface area contributed by atoms with Gasteiger partial charge < -0.3 is 4.74 Å². The Morgan fingerprint density at radius 3 is 2.43 bits per heavy atom. The van der Waals surface area contributed by atoms with Crippen molar-refractivity contribution in [2.24, 2.45) is 0 Å². The van der Waals surface area contributed by atoms with Gasteiger partial charge in [0.05, 0.1) is 6.61 Å². The van der Waals surface area contributed by atoms with Gasteiger partial charge in [0.15, 0.2) is 0 Å². The fourth-order valence-electron chi connectivity index (χ4n) is 1.69. The van der Waals surface area contributed by atoms with Crippen LogP contribution in [0.25, 0.3) is 4.91 Å². The third kappa shape index (κ3) is 4.96. The van der Waals surface area contributed by atoms with Crippen LogP contribution in [0.1, 0.15) is 12.5 Å². The van der Waals surface area contributed by atoms with Crippen LogP contribution >= 0.6 is 23.4 Å². The molecule has 0 aliphatic carbocycles. The van der Waals surface area contributed by atoms with E-state index in [-0.39, 0.29) is 5.97 Å². The van der Waals surface area contributed by atoms with Crippen molar-refractivity contribution in [3.8, 4) is 0 Å². The van der Waals surface area contributed by atoms with Crippen molar-refractivity contribution < 1.29 is 9.53 Å². The van der Waals surface area contributed by atoms with Crippen LogP contribution in [-0.2, 0) is 9.53 Å². The summed E-state index contributed by atoms with van der Waals surface area (Å²) in [5.74, 6) is -0.335. The number of ether oxygens (including phenoxy) is 1. The Labute approximate surface area is 133 Å². The molecule has 0 aliphatic heterocycles. The smallest absolute Gasteiger partial charge is 0.331 e. The van der Waals surface area contributed by atoms with Crippen molar-refractivity contribution in [2.75, 3.05) is 6.61 Å². The van der Waals surface area contributed by atoms with Gasteiger partial charge in [0, 0.05) is 20.9 Å². The lowest BCUT2D eigenvalue weighted by molar-refractivity contribution is -0.137. The number of hydrogen-bond acceptors (Lipinski definition) is 3. The predicted molar refractivity (Wildman–Crippen MR) is 88.4 cm³/mol. The molecule has 0 radical (unpaired) electrons. The van der Waals surface area contributed by atoms with Crippen LogP contribution in [0.4, 0.5) is 0 Å². The Kier molecular flexibility index (Phi) is 5.90. The number of halogens is 1. The van der Waals surface area contributed by atoms with Crippen LogP contribution in [0.3, 0.4) is 0 Å². The van der Waals surface area contributed by atoms with Crippen LogP contribution < -0.4 is 0 Å². The molecule has 2 aromatic carbocycles. The van der Waals surface area contributed by atoms with E-state index in [1.807, 2.05) is 54.6 Å². The molecule has 21 heavy (non-hydrogen) atoms. The molecule has 0 bridgehead atoms. The highest BCUT2D eigenvalue weighted by molar-refractivity contribution is 8.08. The van der Waals surface area contributed by atoms with Gasteiger partial charge in [-0.3, -0.25) is 0 Å². The van der Waals surface area contributed by atoms with Crippen molar-refractivity contribution in [1.82, 2.24) is 0 Å². The zero-order valence-corrected chi connectivity index (χ0v) is 13.2. The molecule has 0 aliphatic rings. The van der Waals surface area contributed by atoms with Crippen molar-refractivity contribution in [3.63, 3.8) is 0 Å². The molecule has 0 aromatic heterocycles. The standard InChI is InChI=1S/C17H15ClO2S/c1-2-20-17(19)12-16(13-6-4-3-5-7-13)21-15-10-8-14(18)9-11-15/h3-12H,2H2,1H3/b16-12-. The molecule has 0 N–H and O–H groups in total. The molecule has 2 rings (SSSR count). The zero-order chi connectivity index (χ0) is 15.1. The Hall–Kier alpha value is -1.71. The second-order valence-electron chi connectivity index (χ2n) is 4.18. The highest BCUT2D eigenvalue weighted by Crippen LogP contribution is 2.34. The molecule has 2 nitrogen and oxygen atoms in total. The fraction of sp³-hybridized carbons (Fsp3) is 0.118. The van der Waals surface area contributed by atoms with Gasteiger partial charge in [-0.05, 0) is 36.8 Å². The lowest BCUT2D eigenvalue weighted by atomic mass is 10.2. The van der Waals surface area contributed by atoms with E-state index in [1.54, 1.807) is 6.92 Å². The molecule has 0 amide bonds. The molecule has 0 heterocycles. The number of esters is 1. The predicted octanol–water partition coefficient (Wildman–Crippen LogP) is 5.04. The fourth-order valence-corrected chi connectivity index (χ4v) is 2.76. The molecule has 108 valence electrons. The molecule has 0 unspecified atom stereocenters. The highest BCUT2D eigenvalue weighted by Gasteiger charge is 2.08. The maximum absolute atomic E-state index is 11.7. The number of thioether (sulfide) groups is 1. The first kappa shape index (κ1) is 15.7. The number of carbonyl (C=O) groups is 1. The van der Waals surface area contributed by atoms with Crippen molar-refractivity contribution >= 4 is 34.2 Å². The monoisotopic (exact) mass is 318 g/mol. The molecule has 0 spiro atoms. The number of rotatable bonds is 5. The Bertz CT molecular complexity index is 621. The summed E-state index contributed by atoms with van der Waals surface area (Å²) in [4.78, 5) is 13.6. The van der Waals surface area contributed by atoms with Gasteiger partial charge in [-0.15, -0.1) is 0 Å². The lowest BCUT2D eigenvalue weighted by Crippen LogP contribution is -2.00. The van der Waals surface area contributed by atoms with E-state index in [1.165, 1.54) is 17.8 Å². The normalized spacial score (nSPS) is 11.2. The maximum atomic E-state index is 11.7. The highest BCUT2D eigenvalue weighted by atomic mass is 35.5. The van der Waals surface area contributed by atoms with Gasteiger partial charge in [0.1, 0.15) is 0 Å². The summed E-state index contributed by atoms with van der Waals surface area (Å²) < 4.78 is 5.00. The quantitative estimate of drug-likeness (QED) is 0.439. The van der Waals surface area contributed by atoms with Crippen LogP contribution in [0.15, 0.2) is 65.6 Å². The Balaban J connectivity index is 2.28. The molecule has 2 aromatic rings. The summed E-state index contributed by atoms with van der Waals surface area (Å²) in [6, 6.07) is 17.3. The summed E-state index contributed by atoms with van der Waals surface area (Å²) in [6.45, 7) is 2.16. The third-order valence-electron chi connectivity index (χ3n) is 2.64. The Morgan fingerprint density at radius 2 is 1.81 bits per heavy atom. The van der Waals surface area contributed by atoms with E-state index in [2.05, 4.69) is 0 Å². The number of hydrogen-bond donors (Lipinski definition) is 0. The summed E-state index contributed by atoms with van der Waals surface area (Å²) in [5, 5.41) is 0.690. The third-order valence-corrected chi connectivity index (χ3v) is 3.97. The average Bonchev–Trinajstić information content (AvgIpc) is 2.50. The van der Waals surface area contributed by atoms with Gasteiger partial charge in [-0.2, -0.15) is 0 Å². The first-order chi connectivity index (χ1) is 10.2. The van der Waals surface area contributed by atoms with Crippen molar-refractivity contribution in [3.05, 3.63) is 71.3 Å². The summed E-state index contributed by atoms with van der Waals surface area (Å²) in [7, 11) is 0. The van der Waals surface area contributed by atoms with E-state index in [4.69, 9.17) is 16.3 Å². The minimum Gasteiger partial charge on any atom is -0.463 e. The zero-order valence-electron chi connectivity index (χ0n) is 11.6. The second-order valence-corrected chi connectivity index (χ2v) is 5.73. The molecular weight excluding hydrogens is 304 g/mol. The van der Waals surface area contributed by atoms with Crippen molar-refractivity contribution in [1.29, 1.82) is 0 Å². The van der Waals surface area contributed by atoms with E-state index in [0.717, 1.165) is 15.4 Å². The van der Waals surface area contributed by atoms with Crippen LogP contribution in [-0.4, -0.2) is 12.6 Å².